The SMILES string of the molecule is CCC[C@H](O)CNC(=O)c1nn(-c2ccc(F)cc2)c2c1CCCC2. The molecule has 0 saturated heterocycles. The van der Waals surface area contributed by atoms with Gasteiger partial charge in [0.25, 0.3) is 5.91 Å². The van der Waals surface area contributed by atoms with Crippen LogP contribution in [0.5, 0.6) is 0 Å². The molecule has 0 bridgehead atoms. The number of amides is 1. The van der Waals surface area contributed by atoms with Crippen LogP contribution in [0.1, 0.15) is 54.4 Å². The number of aliphatic hydroxyl groups excluding tert-OH is 1. The fourth-order valence-corrected chi connectivity index (χ4v) is 3.31. The van der Waals surface area contributed by atoms with Gasteiger partial charge in [0.05, 0.1) is 11.8 Å². The van der Waals surface area contributed by atoms with Crippen molar-refractivity contribution in [3.05, 3.63) is 47.0 Å². The molecule has 3 rings (SSSR count). The maximum Gasteiger partial charge on any atom is 0.272 e. The van der Waals surface area contributed by atoms with Crippen molar-refractivity contribution < 1.29 is 14.3 Å². The van der Waals surface area contributed by atoms with Crippen LogP contribution in [0.25, 0.3) is 5.69 Å². The number of nitrogens with one attached hydrogen (secondary N) is 1. The summed E-state index contributed by atoms with van der Waals surface area (Å²) in [6.45, 7) is 2.22. The molecule has 0 saturated carbocycles. The Balaban J connectivity index is 1.87. The Hall–Kier alpha value is -2.21. The summed E-state index contributed by atoms with van der Waals surface area (Å²) >= 11 is 0. The van der Waals surface area contributed by atoms with Crippen LogP contribution in [0.4, 0.5) is 4.39 Å². The Labute approximate surface area is 146 Å². The van der Waals surface area contributed by atoms with Gasteiger partial charge in [-0.3, -0.25) is 4.79 Å². The number of hydrogen-bond acceptors (Lipinski definition) is 3. The summed E-state index contributed by atoms with van der Waals surface area (Å²) in [5.74, 6) is -0.554. The van der Waals surface area contributed by atoms with Crippen LogP contribution in [0.15, 0.2) is 24.3 Å². The van der Waals surface area contributed by atoms with E-state index in [1.165, 1.54) is 12.1 Å². The summed E-state index contributed by atoms with van der Waals surface area (Å²) in [7, 11) is 0. The van der Waals surface area contributed by atoms with Crippen LogP contribution in [0.3, 0.4) is 0 Å². The summed E-state index contributed by atoms with van der Waals surface area (Å²) in [5, 5.41) is 17.1. The van der Waals surface area contributed by atoms with Crippen LogP contribution in [0, 0.1) is 5.82 Å². The molecule has 134 valence electrons. The van der Waals surface area contributed by atoms with Crippen molar-refractivity contribution >= 4 is 5.91 Å². The molecule has 0 aliphatic heterocycles. The lowest BCUT2D eigenvalue weighted by molar-refractivity contribution is 0.0904. The monoisotopic (exact) mass is 345 g/mol. The number of hydrogen-bond donors (Lipinski definition) is 2. The van der Waals surface area contributed by atoms with E-state index >= 15 is 0 Å². The van der Waals surface area contributed by atoms with E-state index in [0.29, 0.717) is 12.1 Å². The van der Waals surface area contributed by atoms with Gasteiger partial charge in [-0.1, -0.05) is 13.3 Å². The summed E-state index contributed by atoms with van der Waals surface area (Å²) < 4.78 is 15.0. The highest BCUT2D eigenvalue weighted by molar-refractivity contribution is 5.94. The number of carbonyl (C=O) groups is 1. The van der Waals surface area contributed by atoms with Crippen molar-refractivity contribution in [3.8, 4) is 5.69 Å². The van der Waals surface area contributed by atoms with E-state index < -0.39 is 6.10 Å². The summed E-state index contributed by atoms with van der Waals surface area (Å²) in [5.41, 5.74) is 3.17. The fourth-order valence-electron chi connectivity index (χ4n) is 3.31. The molecule has 1 amide bonds. The number of halogens is 1. The van der Waals surface area contributed by atoms with Gasteiger partial charge < -0.3 is 10.4 Å². The minimum atomic E-state index is -0.538. The molecule has 5 nitrogen and oxygen atoms in total. The second kappa shape index (κ2) is 7.78. The van der Waals surface area contributed by atoms with Crippen molar-refractivity contribution in [1.29, 1.82) is 0 Å². The molecule has 0 fully saturated rings. The molecule has 2 N–H and O–H groups in total. The first-order chi connectivity index (χ1) is 12.1. The van der Waals surface area contributed by atoms with Crippen LogP contribution in [-0.4, -0.2) is 33.4 Å². The topological polar surface area (TPSA) is 67.2 Å². The van der Waals surface area contributed by atoms with E-state index in [1.807, 2.05) is 6.92 Å². The van der Waals surface area contributed by atoms with Gasteiger partial charge in [-0.05, 0) is 56.4 Å². The van der Waals surface area contributed by atoms with Crippen LogP contribution in [-0.2, 0) is 12.8 Å². The number of aliphatic hydroxyl groups is 1. The third-order valence-electron chi connectivity index (χ3n) is 4.59. The van der Waals surface area contributed by atoms with E-state index in [9.17, 15) is 14.3 Å². The molecule has 6 heteroatoms. The maximum absolute atomic E-state index is 13.2. The van der Waals surface area contributed by atoms with Crippen LogP contribution in [0.2, 0.25) is 0 Å². The molecule has 0 radical (unpaired) electrons. The molecule has 1 aliphatic rings. The van der Waals surface area contributed by atoms with E-state index in [1.54, 1.807) is 16.8 Å². The maximum atomic E-state index is 13.2. The molecule has 1 atom stereocenters. The molecule has 1 aromatic heterocycles. The lowest BCUT2D eigenvalue weighted by atomic mass is 9.95. The average Bonchev–Trinajstić information content (AvgIpc) is 3.00. The van der Waals surface area contributed by atoms with Crippen LogP contribution < -0.4 is 5.32 Å². The number of fused-ring (bicyclic) bond motifs is 1. The van der Waals surface area contributed by atoms with Gasteiger partial charge in [-0.25, -0.2) is 9.07 Å². The first-order valence-electron chi connectivity index (χ1n) is 8.93. The Kier molecular flexibility index (Phi) is 5.48. The smallest absolute Gasteiger partial charge is 0.272 e. The first-order valence-corrected chi connectivity index (χ1v) is 8.93. The number of carbonyl (C=O) groups excluding carboxylic acids is 1. The summed E-state index contributed by atoms with van der Waals surface area (Å²) in [6, 6.07) is 6.13. The van der Waals surface area contributed by atoms with Crippen molar-refractivity contribution in [2.75, 3.05) is 6.54 Å². The van der Waals surface area contributed by atoms with Gasteiger partial charge in [0.15, 0.2) is 5.69 Å². The highest BCUT2D eigenvalue weighted by Crippen LogP contribution is 2.27. The highest BCUT2D eigenvalue weighted by Gasteiger charge is 2.25. The Morgan fingerprint density at radius 2 is 2.04 bits per heavy atom. The normalized spacial score (nSPS) is 14.8. The Bertz CT molecular complexity index is 740. The largest absolute Gasteiger partial charge is 0.391 e. The fraction of sp³-hybridized carbons (Fsp3) is 0.474. The lowest BCUT2D eigenvalue weighted by Gasteiger charge is -2.14. The quantitative estimate of drug-likeness (QED) is 0.846. The van der Waals surface area contributed by atoms with Gasteiger partial charge in [-0.15, -0.1) is 0 Å². The van der Waals surface area contributed by atoms with Crippen molar-refractivity contribution in [2.24, 2.45) is 0 Å². The van der Waals surface area contributed by atoms with Gasteiger partial charge in [0, 0.05) is 17.8 Å². The number of benzene rings is 1. The van der Waals surface area contributed by atoms with E-state index in [-0.39, 0.29) is 18.3 Å². The standard InChI is InChI=1S/C19H24FN3O2/c1-2-5-15(24)12-21-19(25)18-16-6-3-4-7-17(16)23(22-18)14-10-8-13(20)9-11-14/h8-11,15,24H,2-7,12H2,1H3,(H,21,25)/t15-/m0/s1. The highest BCUT2D eigenvalue weighted by atomic mass is 19.1. The molecule has 0 unspecified atom stereocenters. The number of rotatable bonds is 6. The minimum absolute atomic E-state index is 0.227. The predicted molar refractivity (Wildman–Crippen MR) is 93.4 cm³/mol. The van der Waals surface area contributed by atoms with E-state index in [0.717, 1.165) is 49.0 Å². The third kappa shape index (κ3) is 3.90. The van der Waals surface area contributed by atoms with Crippen molar-refractivity contribution in [1.82, 2.24) is 15.1 Å². The first kappa shape index (κ1) is 17.6. The van der Waals surface area contributed by atoms with Gasteiger partial charge in [0.1, 0.15) is 5.82 Å². The second-order valence-corrected chi connectivity index (χ2v) is 6.52. The Morgan fingerprint density at radius 1 is 1.32 bits per heavy atom. The van der Waals surface area contributed by atoms with E-state index in [2.05, 4.69) is 10.4 Å². The molecular formula is C19H24FN3O2. The van der Waals surface area contributed by atoms with E-state index in [4.69, 9.17) is 0 Å². The zero-order chi connectivity index (χ0) is 17.8. The molecule has 1 aromatic carbocycles. The van der Waals surface area contributed by atoms with Crippen molar-refractivity contribution in [2.45, 2.75) is 51.6 Å². The number of aromatic nitrogens is 2. The summed E-state index contributed by atoms with van der Waals surface area (Å²) in [4.78, 5) is 12.6. The average molecular weight is 345 g/mol. The molecule has 1 heterocycles. The van der Waals surface area contributed by atoms with Gasteiger partial charge in [0.2, 0.25) is 0 Å². The lowest BCUT2D eigenvalue weighted by Crippen LogP contribution is -2.32. The zero-order valence-corrected chi connectivity index (χ0v) is 14.5. The summed E-state index contributed by atoms with van der Waals surface area (Å²) in [6.07, 6.45) is 4.73. The number of nitrogens with zero attached hydrogens (tertiary/aromatic N) is 2. The van der Waals surface area contributed by atoms with Crippen LogP contribution >= 0.6 is 0 Å². The molecular weight excluding hydrogens is 321 g/mol. The third-order valence-corrected chi connectivity index (χ3v) is 4.59. The molecule has 2 aromatic rings. The zero-order valence-electron chi connectivity index (χ0n) is 14.5. The predicted octanol–water partition coefficient (Wildman–Crippen LogP) is 2.78. The van der Waals surface area contributed by atoms with Gasteiger partial charge >= 0.3 is 0 Å². The second-order valence-electron chi connectivity index (χ2n) is 6.52. The van der Waals surface area contributed by atoms with Crippen molar-refractivity contribution in [3.63, 3.8) is 0 Å². The molecule has 1 aliphatic carbocycles. The molecule has 0 spiro atoms. The Morgan fingerprint density at radius 3 is 2.76 bits per heavy atom. The van der Waals surface area contributed by atoms with Gasteiger partial charge in [-0.2, -0.15) is 5.10 Å². The minimum Gasteiger partial charge on any atom is -0.391 e. The molecule has 25 heavy (non-hydrogen) atoms.